The molecule has 0 saturated heterocycles. The summed E-state index contributed by atoms with van der Waals surface area (Å²) >= 11 is 3.40. The Bertz CT molecular complexity index is 611. The smallest absolute Gasteiger partial charge is 0.267 e. The van der Waals surface area contributed by atoms with E-state index in [1.165, 1.54) is 6.20 Å². The predicted molar refractivity (Wildman–Crippen MR) is 78.1 cm³/mol. The van der Waals surface area contributed by atoms with Crippen molar-refractivity contribution in [3.05, 3.63) is 64.4 Å². The Hall–Kier alpha value is -2.01. The molecular formula is C14H12BrN3O. The Kier molecular flexibility index (Phi) is 4.41. The van der Waals surface area contributed by atoms with Crippen LogP contribution in [0.1, 0.15) is 22.8 Å². The van der Waals surface area contributed by atoms with E-state index in [9.17, 15) is 4.79 Å². The number of rotatable bonds is 3. The van der Waals surface area contributed by atoms with Gasteiger partial charge < -0.3 is 0 Å². The second-order valence-electron chi connectivity index (χ2n) is 3.89. The monoisotopic (exact) mass is 317 g/mol. The van der Waals surface area contributed by atoms with E-state index in [2.05, 4.69) is 31.4 Å². The average Bonchev–Trinajstić information content (AvgIpc) is 2.45. The minimum Gasteiger partial charge on any atom is -0.267 e. The maximum absolute atomic E-state index is 11.8. The molecule has 0 atom stereocenters. The second kappa shape index (κ2) is 6.24. The highest BCUT2D eigenvalue weighted by atomic mass is 79.9. The van der Waals surface area contributed by atoms with E-state index in [0.29, 0.717) is 5.56 Å². The van der Waals surface area contributed by atoms with Crippen molar-refractivity contribution in [1.82, 2.24) is 10.4 Å². The molecule has 19 heavy (non-hydrogen) atoms. The Morgan fingerprint density at radius 2 is 2.05 bits per heavy atom. The van der Waals surface area contributed by atoms with Crippen molar-refractivity contribution in [1.29, 1.82) is 0 Å². The van der Waals surface area contributed by atoms with E-state index in [0.717, 1.165) is 15.7 Å². The summed E-state index contributed by atoms with van der Waals surface area (Å²) in [5, 5.41) is 4.08. The number of carbonyl (C=O) groups is 1. The minimum absolute atomic E-state index is 0.276. The third-order valence-electron chi connectivity index (χ3n) is 2.49. The first-order valence-electron chi connectivity index (χ1n) is 5.67. The third-order valence-corrected chi connectivity index (χ3v) is 2.98. The fourth-order valence-electron chi connectivity index (χ4n) is 1.47. The van der Waals surface area contributed by atoms with Crippen LogP contribution in [0, 0.1) is 0 Å². The number of aromatic nitrogens is 1. The molecule has 0 aliphatic carbocycles. The number of halogens is 1. The largest absolute Gasteiger partial charge is 0.272 e. The van der Waals surface area contributed by atoms with Gasteiger partial charge in [0, 0.05) is 16.9 Å². The number of nitrogens with one attached hydrogen (secondary N) is 1. The van der Waals surface area contributed by atoms with E-state index >= 15 is 0 Å². The fraction of sp³-hybridized carbons (Fsp3) is 0.0714. The van der Waals surface area contributed by atoms with E-state index < -0.39 is 0 Å². The van der Waals surface area contributed by atoms with Crippen LogP contribution in [-0.4, -0.2) is 16.6 Å². The lowest BCUT2D eigenvalue weighted by Gasteiger charge is -2.03. The van der Waals surface area contributed by atoms with Gasteiger partial charge in [-0.2, -0.15) is 5.10 Å². The summed E-state index contributed by atoms with van der Waals surface area (Å²) in [5.41, 5.74) is 4.67. The van der Waals surface area contributed by atoms with Gasteiger partial charge in [0.05, 0.1) is 11.3 Å². The minimum atomic E-state index is -0.276. The molecule has 0 aliphatic heterocycles. The molecule has 0 unspecified atom stereocenters. The number of hydrogen-bond acceptors (Lipinski definition) is 3. The summed E-state index contributed by atoms with van der Waals surface area (Å²) in [6.07, 6.45) is 3.12. The topological polar surface area (TPSA) is 54.4 Å². The van der Waals surface area contributed by atoms with E-state index in [4.69, 9.17) is 0 Å². The van der Waals surface area contributed by atoms with Crippen LogP contribution in [0.5, 0.6) is 0 Å². The van der Waals surface area contributed by atoms with Gasteiger partial charge in [-0.1, -0.05) is 28.1 Å². The van der Waals surface area contributed by atoms with Gasteiger partial charge >= 0.3 is 0 Å². The zero-order valence-electron chi connectivity index (χ0n) is 10.3. The summed E-state index contributed by atoms with van der Waals surface area (Å²) < 4.78 is 0.970. The van der Waals surface area contributed by atoms with Crippen LogP contribution in [0.25, 0.3) is 0 Å². The molecule has 0 radical (unpaired) electrons. The lowest BCUT2D eigenvalue weighted by Crippen LogP contribution is -2.19. The number of benzene rings is 1. The van der Waals surface area contributed by atoms with Crippen LogP contribution in [0.3, 0.4) is 0 Å². The lowest BCUT2D eigenvalue weighted by atomic mass is 10.1. The summed E-state index contributed by atoms with van der Waals surface area (Å²) in [7, 11) is 0. The predicted octanol–water partition coefficient (Wildman–Crippen LogP) is 3.00. The highest BCUT2D eigenvalue weighted by Crippen LogP contribution is 2.12. The van der Waals surface area contributed by atoms with Gasteiger partial charge in [-0.3, -0.25) is 9.78 Å². The van der Waals surface area contributed by atoms with Gasteiger partial charge in [0.1, 0.15) is 0 Å². The van der Waals surface area contributed by atoms with Crippen molar-refractivity contribution >= 4 is 27.5 Å². The number of nitrogens with zero attached hydrogens (tertiary/aromatic N) is 2. The molecule has 1 aromatic carbocycles. The number of amides is 1. The number of carbonyl (C=O) groups excluding carboxylic acids is 1. The molecule has 1 aromatic heterocycles. The van der Waals surface area contributed by atoms with Crippen molar-refractivity contribution < 1.29 is 4.79 Å². The number of pyridine rings is 1. The van der Waals surface area contributed by atoms with Crippen molar-refractivity contribution in [2.45, 2.75) is 6.92 Å². The standard InChI is InChI=1S/C14H12BrN3O/c1-10(11-4-2-6-13(15)8-11)17-18-14(19)12-5-3-7-16-9-12/h2-9H,1H3,(H,18,19)/b17-10+. The van der Waals surface area contributed by atoms with Crippen LogP contribution >= 0.6 is 15.9 Å². The van der Waals surface area contributed by atoms with Crippen molar-refractivity contribution in [2.75, 3.05) is 0 Å². The van der Waals surface area contributed by atoms with Gasteiger partial charge in [-0.05, 0) is 36.8 Å². The first-order valence-corrected chi connectivity index (χ1v) is 6.47. The van der Waals surface area contributed by atoms with Crippen LogP contribution in [0.15, 0.2) is 58.4 Å². The zero-order valence-corrected chi connectivity index (χ0v) is 11.9. The second-order valence-corrected chi connectivity index (χ2v) is 4.81. The molecule has 0 bridgehead atoms. The molecule has 1 amide bonds. The third kappa shape index (κ3) is 3.72. The molecule has 2 rings (SSSR count). The Morgan fingerprint density at radius 3 is 2.74 bits per heavy atom. The molecule has 0 spiro atoms. The van der Waals surface area contributed by atoms with E-state index in [1.54, 1.807) is 18.3 Å². The molecule has 96 valence electrons. The highest BCUT2D eigenvalue weighted by molar-refractivity contribution is 9.10. The lowest BCUT2D eigenvalue weighted by molar-refractivity contribution is 0.0954. The molecule has 5 heteroatoms. The average molecular weight is 318 g/mol. The number of hydrogen-bond donors (Lipinski definition) is 1. The maximum atomic E-state index is 11.8. The summed E-state index contributed by atoms with van der Waals surface area (Å²) in [6, 6.07) is 11.1. The van der Waals surface area contributed by atoms with Gasteiger partial charge in [0.25, 0.3) is 5.91 Å². The van der Waals surface area contributed by atoms with Crippen LogP contribution < -0.4 is 5.43 Å². The van der Waals surface area contributed by atoms with Crippen LogP contribution in [0.4, 0.5) is 0 Å². The Morgan fingerprint density at radius 1 is 1.26 bits per heavy atom. The molecule has 0 saturated carbocycles. The molecule has 4 nitrogen and oxygen atoms in total. The summed E-state index contributed by atoms with van der Waals surface area (Å²) in [6.45, 7) is 1.84. The van der Waals surface area contributed by atoms with Gasteiger partial charge in [0.15, 0.2) is 0 Å². The maximum Gasteiger partial charge on any atom is 0.272 e. The van der Waals surface area contributed by atoms with Gasteiger partial charge in [0.2, 0.25) is 0 Å². The van der Waals surface area contributed by atoms with Crippen LogP contribution in [0.2, 0.25) is 0 Å². The van der Waals surface area contributed by atoms with Gasteiger partial charge in [-0.25, -0.2) is 5.43 Å². The summed E-state index contributed by atoms with van der Waals surface area (Å²) in [5.74, 6) is -0.276. The quantitative estimate of drug-likeness (QED) is 0.699. The van der Waals surface area contributed by atoms with Crippen molar-refractivity contribution in [3.63, 3.8) is 0 Å². The molecule has 0 aliphatic rings. The van der Waals surface area contributed by atoms with E-state index in [-0.39, 0.29) is 5.91 Å². The van der Waals surface area contributed by atoms with Crippen molar-refractivity contribution in [2.24, 2.45) is 5.10 Å². The number of hydrazone groups is 1. The van der Waals surface area contributed by atoms with E-state index in [1.807, 2.05) is 31.2 Å². The van der Waals surface area contributed by atoms with Gasteiger partial charge in [-0.15, -0.1) is 0 Å². The SMILES string of the molecule is C/C(=N\NC(=O)c1cccnc1)c1cccc(Br)c1. The molecular weight excluding hydrogens is 306 g/mol. The highest BCUT2D eigenvalue weighted by Gasteiger charge is 2.04. The molecule has 2 aromatic rings. The molecule has 1 heterocycles. The van der Waals surface area contributed by atoms with Crippen LogP contribution in [-0.2, 0) is 0 Å². The zero-order chi connectivity index (χ0) is 13.7. The Balaban J connectivity index is 2.09. The first kappa shape index (κ1) is 13.4. The Labute approximate surface area is 119 Å². The summed E-state index contributed by atoms with van der Waals surface area (Å²) in [4.78, 5) is 15.7. The molecule has 1 N–H and O–H groups in total. The fourth-order valence-corrected chi connectivity index (χ4v) is 1.87. The first-order chi connectivity index (χ1) is 9.16. The normalized spacial score (nSPS) is 11.2. The van der Waals surface area contributed by atoms with Crippen molar-refractivity contribution in [3.8, 4) is 0 Å². The molecule has 0 fully saturated rings.